The van der Waals surface area contributed by atoms with Crippen molar-refractivity contribution >= 4 is 34.2 Å². The van der Waals surface area contributed by atoms with E-state index < -0.39 is 11.5 Å². The summed E-state index contributed by atoms with van der Waals surface area (Å²) in [7, 11) is 0. The maximum absolute atomic E-state index is 12.7. The highest BCUT2D eigenvalue weighted by atomic mass is 16.2. The van der Waals surface area contributed by atoms with Crippen molar-refractivity contribution in [3.63, 3.8) is 0 Å². The van der Waals surface area contributed by atoms with Gasteiger partial charge in [0.2, 0.25) is 11.8 Å². The van der Waals surface area contributed by atoms with E-state index in [1.165, 1.54) is 18.3 Å². The Labute approximate surface area is 338 Å². The Morgan fingerprint density at radius 2 is 1.76 bits per heavy atom. The highest BCUT2D eigenvalue weighted by Crippen LogP contribution is 2.38. The third-order valence-corrected chi connectivity index (χ3v) is 12.6. The summed E-state index contributed by atoms with van der Waals surface area (Å²) in [5.41, 5.74) is 4.78. The van der Waals surface area contributed by atoms with Gasteiger partial charge in [0, 0.05) is 60.8 Å². The van der Waals surface area contributed by atoms with Crippen LogP contribution in [0.1, 0.15) is 95.4 Å². The summed E-state index contributed by atoms with van der Waals surface area (Å²) >= 11 is 0. The van der Waals surface area contributed by atoms with Gasteiger partial charge >= 0.3 is 0 Å². The highest BCUT2D eigenvalue weighted by Gasteiger charge is 2.40. The van der Waals surface area contributed by atoms with Crippen molar-refractivity contribution in [2.45, 2.75) is 102 Å². The van der Waals surface area contributed by atoms with Crippen LogP contribution in [0.25, 0.3) is 22.5 Å². The number of imide groups is 1. The lowest BCUT2D eigenvalue weighted by Gasteiger charge is -2.46. The number of piperazine rings is 1. The number of aromatic nitrogens is 7. The van der Waals surface area contributed by atoms with Gasteiger partial charge in [-0.2, -0.15) is 20.3 Å². The highest BCUT2D eigenvalue weighted by molar-refractivity contribution is 6.03. The first-order valence-electron chi connectivity index (χ1n) is 20.3. The van der Waals surface area contributed by atoms with Crippen LogP contribution in [0.4, 0.5) is 11.4 Å². The van der Waals surface area contributed by atoms with Crippen LogP contribution in [-0.4, -0.2) is 89.2 Å². The number of carbonyl (C=O) groups excluding carboxylic acids is 2. The third-order valence-electron chi connectivity index (χ3n) is 12.6. The number of nitriles is 2. The van der Waals surface area contributed by atoms with E-state index in [1.807, 2.05) is 19.2 Å². The second-order valence-corrected chi connectivity index (χ2v) is 16.6. The monoisotopic (exact) mass is 779 g/mol. The van der Waals surface area contributed by atoms with Crippen molar-refractivity contribution in [1.82, 2.24) is 45.0 Å². The van der Waals surface area contributed by atoms with Crippen LogP contribution in [0.3, 0.4) is 0 Å². The van der Waals surface area contributed by atoms with Crippen LogP contribution in [0, 0.1) is 28.6 Å². The van der Waals surface area contributed by atoms with E-state index in [0.29, 0.717) is 65.2 Å². The molecule has 6 heterocycles. The molecule has 4 atom stereocenters. The lowest BCUT2D eigenvalue weighted by molar-refractivity contribution is -0.137. The van der Waals surface area contributed by atoms with Gasteiger partial charge in [0.05, 0.1) is 47.0 Å². The SMILES string of the molecule is C[C@H](C#N)Nc1cc(-n2ncc3cc(C#N)cnc32)ncc1-n1cc(C2CCC(CCN3[C@@H](C)CN(c4ccc([C@@]5(C)CCC(=O)NC5=O)cc4)C[C@@H]3C)CC2)nn1. The van der Waals surface area contributed by atoms with Crippen LogP contribution in [0.15, 0.2) is 61.2 Å². The van der Waals surface area contributed by atoms with E-state index in [9.17, 15) is 20.1 Å². The largest absolute Gasteiger partial charge is 0.368 e. The fourth-order valence-corrected chi connectivity index (χ4v) is 9.05. The number of benzene rings is 1. The lowest BCUT2D eigenvalue weighted by atomic mass is 9.75. The number of anilines is 2. The molecule has 2 saturated heterocycles. The van der Waals surface area contributed by atoms with Gasteiger partial charge in [0.25, 0.3) is 0 Å². The van der Waals surface area contributed by atoms with E-state index in [2.05, 4.69) is 96.1 Å². The summed E-state index contributed by atoms with van der Waals surface area (Å²) in [6.45, 7) is 11.4. The Morgan fingerprint density at radius 1 is 1.00 bits per heavy atom. The molecule has 2 N–H and O–H groups in total. The number of pyridine rings is 2. The molecule has 2 amide bonds. The second kappa shape index (κ2) is 16.0. The number of piperidine rings is 1. The molecule has 3 aliphatic rings. The van der Waals surface area contributed by atoms with Crippen molar-refractivity contribution in [2.24, 2.45) is 5.92 Å². The molecular formula is C43H49N13O2. The normalized spacial score (nSPS) is 24.6. The number of carbonyl (C=O) groups is 2. The van der Waals surface area contributed by atoms with E-state index in [-0.39, 0.29) is 11.8 Å². The summed E-state index contributed by atoms with van der Waals surface area (Å²) < 4.78 is 3.35. The molecule has 2 aliphatic heterocycles. The molecule has 0 unspecified atom stereocenters. The number of fused-ring (bicyclic) bond motifs is 1. The minimum absolute atomic E-state index is 0.193. The smallest absolute Gasteiger partial charge is 0.236 e. The maximum Gasteiger partial charge on any atom is 0.236 e. The number of nitrogens with zero attached hydrogens (tertiary/aromatic N) is 11. The van der Waals surface area contributed by atoms with Crippen LogP contribution >= 0.6 is 0 Å². The Balaban J connectivity index is 0.863. The molecule has 298 valence electrons. The molecule has 5 aromatic rings. The van der Waals surface area contributed by atoms with Crippen molar-refractivity contribution in [2.75, 3.05) is 29.9 Å². The first-order valence-corrected chi connectivity index (χ1v) is 20.3. The molecular weight excluding hydrogens is 731 g/mol. The summed E-state index contributed by atoms with van der Waals surface area (Å²) in [4.78, 5) is 38.7. The van der Waals surface area contributed by atoms with Crippen LogP contribution in [0.2, 0.25) is 0 Å². The van der Waals surface area contributed by atoms with Crippen LogP contribution in [0.5, 0.6) is 0 Å². The molecule has 3 fully saturated rings. The number of hydrogen-bond acceptors (Lipinski definition) is 12. The van der Waals surface area contributed by atoms with Gasteiger partial charge in [-0.05, 0) is 102 Å². The quantitative estimate of drug-likeness (QED) is 0.169. The zero-order valence-corrected chi connectivity index (χ0v) is 33.5. The number of amides is 2. The Bertz CT molecular complexity index is 2390. The van der Waals surface area contributed by atoms with E-state index in [1.54, 1.807) is 34.7 Å². The molecule has 1 aromatic carbocycles. The average molecular weight is 780 g/mol. The topological polar surface area (TPSA) is 187 Å². The average Bonchev–Trinajstić information content (AvgIpc) is 3.90. The Kier molecular flexibility index (Phi) is 10.7. The van der Waals surface area contributed by atoms with Crippen LogP contribution < -0.4 is 15.5 Å². The van der Waals surface area contributed by atoms with E-state index in [0.717, 1.165) is 62.0 Å². The molecule has 0 radical (unpaired) electrons. The van der Waals surface area contributed by atoms with Gasteiger partial charge in [0.1, 0.15) is 17.8 Å². The molecule has 15 heteroatoms. The fraction of sp³-hybridized carbons (Fsp3) is 0.465. The van der Waals surface area contributed by atoms with Crippen molar-refractivity contribution in [3.05, 3.63) is 78.0 Å². The maximum atomic E-state index is 12.7. The second-order valence-electron chi connectivity index (χ2n) is 16.6. The summed E-state index contributed by atoms with van der Waals surface area (Å²) in [6.07, 6.45) is 13.4. The van der Waals surface area contributed by atoms with E-state index >= 15 is 0 Å². The predicted octanol–water partition coefficient (Wildman–Crippen LogP) is 5.55. The third kappa shape index (κ3) is 7.62. The number of nitrogens with one attached hydrogen (secondary N) is 2. The number of hydrogen-bond donors (Lipinski definition) is 2. The fourth-order valence-electron chi connectivity index (χ4n) is 9.05. The van der Waals surface area contributed by atoms with Gasteiger partial charge in [-0.15, -0.1) is 5.10 Å². The van der Waals surface area contributed by atoms with Gasteiger partial charge in [-0.25, -0.2) is 14.6 Å². The molecule has 4 aromatic heterocycles. The Morgan fingerprint density at radius 3 is 2.47 bits per heavy atom. The predicted molar refractivity (Wildman–Crippen MR) is 218 cm³/mol. The minimum Gasteiger partial charge on any atom is -0.368 e. The molecule has 0 bridgehead atoms. The van der Waals surface area contributed by atoms with Gasteiger partial charge in [0.15, 0.2) is 11.5 Å². The lowest BCUT2D eigenvalue weighted by Crippen LogP contribution is -2.57. The minimum atomic E-state index is -0.683. The molecule has 8 rings (SSSR count). The zero-order valence-electron chi connectivity index (χ0n) is 33.5. The van der Waals surface area contributed by atoms with E-state index in [4.69, 9.17) is 0 Å². The Hall–Kier alpha value is -6.19. The standard InChI is InChI=1S/C43H49N13O2/c1-27(19-44)49-36-18-39(56-41-33(22-48-56)17-31(20-45)21-47-41)46-23-38(36)55-26-37(51-52-55)32-7-5-30(6-8-32)14-16-54-28(2)24-53(25-29(54)3)35-11-9-34(10-12-35)43(4)15-13-40(57)50-42(43)58/h9-12,17-18,21-23,26-30,32H,5-8,13-16,24-25H2,1-4H3,(H,46,49)(H,50,57,58)/t27-,28+,29+,30?,32?,43-/m1/s1. The summed E-state index contributed by atoms with van der Waals surface area (Å²) in [5.74, 6) is 1.11. The molecule has 1 aliphatic carbocycles. The van der Waals surface area contributed by atoms with Gasteiger partial charge in [-0.1, -0.05) is 17.3 Å². The van der Waals surface area contributed by atoms with Gasteiger partial charge < -0.3 is 10.2 Å². The van der Waals surface area contributed by atoms with Crippen molar-refractivity contribution in [3.8, 4) is 23.6 Å². The number of rotatable bonds is 10. The zero-order chi connectivity index (χ0) is 40.6. The van der Waals surface area contributed by atoms with Crippen molar-refractivity contribution in [1.29, 1.82) is 10.5 Å². The molecule has 0 spiro atoms. The molecule has 58 heavy (non-hydrogen) atoms. The van der Waals surface area contributed by atoms with Crippen molar-refractivity contribution < 1.29 is 9.59 Å². The molecule has 1 saturated carbocycles. The van der Waals surface area contributed by atoms with Crippen LogP contribution in [-0.2, 0) is 15.0 Å². The first-order chi connectivity index (χ1) is 28.0. The van der Waals surface area contributed by atoms with Gasteiger partial charge in [-0.3, -0.25) is 19.8 Å². The first kappa shape index (κ1) is 38.7. The molecule has 15 nitrogen and oxygen atoms in total. The summed E-state index contributed by atoms with van der Waals surface area (Å²) in [6, 6.07) is 16.6. The summed E-state index contributed by atoms with van der Waals surface area (Å²) in [5, 5.41) is 39.0.